The van der Waals surface area contributed by atoms with Crippen molar-refractivity contribution in [1.29, 1.82) is 0 Å². The number of hydrogen-bond acceptors (Lipinski definition) is 3. The van der Waals surface area contributed by atoms with E-state index in [0.29, 0.717) is 5.56 Å². The summed E-state index contributed by atoms with van der Waals surface area (Å²) in [6, 6.07) is 0.898. The summed E-state index contributed by atoms with van der Waals surface area (Å²) in [7, 11) is 2.56. The van der Waals surface area contributed by atoms with Gasteiger partial charge in [0.2, 0.25) is 0 Å². The average molecular weight is 253 g/mol. The molecule has 0 aliphatic carbocycles. The molecule has 0 bridgehead atoms. The Bertz CT molecular complexity index is 497. The van der Waals surface area contributed by atoms with Crippen LogP contribution >= 0.6 is 10.7 Å². The van der Waals surface area contributed by atoms with E-state index in [2.05, 4.69) is 0 Å². The van der Waals surface area contributed by atoms with Crippen molar-refractivity contribution in [3.63, 3.8) is 0 Å². The van der Waals surface area contributed by atoms with Gasteiger partial charge in [-0.05, 0) is 19.9 Å². The first kappa shape index (κ1) is 12.3. The minimum atomic E-state index is -3.95. The second kappa shape index (κ2) is 3.98. The molecule has 1 aromatic rings. The lowest BCUT2D eigenvalue weighted by Crippen LogP contribution is -2.02. The Morgan fingerprint density at radius 1 is 1.33 bits per heavy atom. The van der Waals surface area contributed by atoms with Gasteiger partial charge < -0.3 is 4.74 Å². The van der Waals surface area contributed by atoms with Gasteiger partial charge in [-0.25, -0.2) is 12.8 Å². The zero-order chi connectivity index (χ0) is 11.8. The molecule has 0 atom stereocenters. The summed E-state index contributed by atoms with van der Waals surface area (Å²) in [6.45, 7) is 3.02. The smallest absolute Gasteiger partial charge is 0.261 e. The van der Waals surface area contributed by atoms with Crippen LogP contribution < -0.4 is 4.74 Å². The van der Waals surface area contributed by atoms with Crippen molar-refractivity contribution >= 4 is 19.7 Å². The summed E-state index contributed by atoms with van der Waals surface area (Å²) >= 11 is 0. The van der Waals surface area contributed by atoms with Crippen molar-refractivity contribution in [2.45, 2.75) is 18.7 Å². The van der Waals surface area contributed by atoms with Gasteiger partial charge in [-0.3, -0.25) is 0 Å². The highest BCUT2D eigenvalue weighted by molar-refractivity contribution is 8.13. The maximum absolute atomic E-state index is 13.3. The van der Waals surface area contributed by atoms with Gasteiger partial charge in [0.15, 0.2) is 0 Å². The van der Waals surface area contributed by atoms with Crippen molar-refractivity contribution in [3.8, 4) is 5.75 Å². The molecule has 0 fully saturated rings. The summed E-state index contributed by atoms with van der Waals surface area (Å²) in [4.78, 5) is -0.260. The fourth-order valence-electron chi connectivity index (χ4n) is 1.39. The molecule has 6 heteroatoms. The zero-order valence-electron chi connectivity index (χ0n) is 8.47. The van der Waals surface area contributed by atoms with Crippen LogP contribution in [0.1, 0.15) is 11.1 Å². The van der Waals surface area contributed by atoms with Gasteiger partial charge in [0.1, 0.15) is 11.6 Å². The fraction of sp³-hybridized carbons (Fsp3) is 0.333. The minimum absolute atomic E-state index is 0.203. The van der Waals surface area contributed by atoms with Gasteiger partial charge in [-0.2, -0.15) is 0 Å². The quantitative estimate of drug-likeness (QED) is 0.759. The number of hydrogen-bond donors (Lipinski definition) is 0. The second-order valence-electron chi connectivity index (χ2n) is 3.08. The molecule has 84 valence electrons. The summed E-state index contributed by atoms with van der Waals surface area (Å²) < 4.78 is 40.5. The van der Waals surface area contributed by atoms with Gasteiger partial charge in [0.05, 0.1) is 12.0 Å². The second-order valence-corrected chi connectivity index (χ2v) is 5.61. The predicted octanol–water partition coefficient (Wildman–Crippen LogP) is 2.38. The predicted molar refractivity (Wildman–Crippen MR) is 55.5 cm³/mol. The maximum Gasteiger partial charge on any atom is 0.261 e. The van der Waals surface area contributed by atoms with Gasteiger partial charge >= 0.3 is 0 Å². The number of ether oxygens (including phenoxy) is 1. The number of benzene rings is 1. The lowest BCUT2D eigenvalue weighted by atomic mass is 10.1. The fourth-order valence-corrected chi connectivity index (χ4v) is 2.58. The number of methoxy groups -OCH3 is 1. The summed E-state index contributed by atoms with van der Waals surface area (Å²) in [5.41, 5.74) is 0.575. The van der Waals surface area contributed by atoms with E-state index in [1.807, 2.05) is 0 Å². The molecule has 0 unspecified atom stereocenters. The van der Waals surface area contributed by atoms with Crippen LogP contribution in [0.5, 0.6) is 5.75 Å². The van der Waals surface area contributed by atoms with Crippen molar-refractivity contribution < 1.29 is 17.5 Å². The Balaban J connectivity index is 3.66. The molecule has 1 rings (SSSR count). The molecule has 0 radical (unpaired) electrons. The molecule has 0 heterocycles. The van der Waals surface area contributed by atoms with E-state index in [4.69, 9.17) is 15.4 Å². The molecular formula is C9H10ClFO3S. The molecule has 0 amide bonds. The molecule has 0 saturated carbocycles. The van der Waals surface area contributed by atoms with Crippen LogP contribution in [0.2, 0.25) is 0 Å². The van der Waals surface area contributed by atoms with Crippen LogP contribution in [0.25, 0.3) is 0 Å². The Kier molecular flexibility index (Phi) is 3.25. The Morgan fingerprint density at radius 3 is 2.27 bits per heavy atom. The summed E-state index contributed by atoms with van der Waals surface area (Å²) in [5, 5.41) is 0. The van der Waals surface area contributed by atoms with Gasteiger partial charge in [-0.15, -0.1) is 0 Å². The normalized spacial score (nSPS) is 11.5. The van der Waals surface area contributed by atoms with Crippen LogP contribution in [0.3, 0.4) is 0 Å². The third-order valence-corrected chi connectivity index (χ3v) is 3.58. The molecule has 0 aliphatic rings. The van der Waals surface area contributed by atoms with E-state index in [9.17, 15) is 12.8 Å². The summed E-state index contributed by atoms with van der Waals surface area (Å²) in [5.74, 6) is -0.453. The van der Waals surface area contributed by atoms with Crippen molar-refractivity contribution in [3.05, 3.63) is 23.0 Å². The van der Waals surface area contributed by atoms with Gasteiger partial charge in [0.25, 0.3) is 9.05 Å². The van der Waals surface area contributed by atoms with Crippen molar-refractivity contribution in [2.24, 2.45) is 0 Å². The highest BCUT2D eigenvalue weighted by atomic mass is 35.7. The van der Waals surface area contributed by atoms with Crippen molar-refractivity contribution in [2.75, 3.05) is 7.11 Å². The molecule has 0 N–H and O–H groups in total. The maximum atomic E-state index is 13.3. The Labute approximate surface area is 92.2 Å². The van der Waals surface area contributed by atoms with E-state index < -0.39 is 14.9 Å². The highest BCUT2D eigenvalue weighted by Gasteiger charge is 2.20. The van der Waals surface area contributed by atoms with Gasteiger partial charge in [0, 0.05) is 21.8 Å². The Morgan fingerprint density at radius 2 is 1.87 bits per heavy atom. The van der Waals surface area contributed by atoms with Crippen LogP contribution in [-0.4, -0.2) is 15.5 Å². The molecule has 0 aliphatic heterocycles. The number of rotatable bonds is 2. The largest absolute Gasteiger partial charge is 0.496 e. The third-order valence-electron chi connectivity index (χ3n) is 2.13. The molecule has 0 saturated heterocycles. The molecule has 15 heavy (non-hydrogen) atoms. The standard InChI is InChI=1S/C9H10ClFO3S/c1-5-7(11)4-8(15(10,12)13)6(2)9(5)14-3/h4H,1-3H3. The molecule has 3 nitrogen and oxygen atoms in total. The molecular weight excluding hydrogens is 243 g/mol. The minimum Gasteiger partial charge on any atom is -0.496 e. The monoisotopic (exact) mass is 252 g/mol. The van der Waals surface area contributed by atoms with Crippen LogP contribution in [0.15, 0.2) is 11.0 Å². The topological polar surface area (TPSA) is 43.4 Å². The average Bonchev–Trinajstić information content (AvgIpc) is 2.10. The zero-order valence-corrected chi connectivity index (χ0v) is 10.0. The lowest BCUT2D eigenvalue weighted by molar-refractivity contribution is 0.401. The first-order valence-corrected chi connectivity index (χ1v) is 6.38. The SMILES string of the molecule is COc1c(C)c(F)cc(S(=O)(=O)Cl)c1C. The van der Waals surface area contributed by atoms with Gasteiger partial charge in [-0.1, -0.05) is 0 Å². The molecule has 0 spiro atoms. The first-order chi connectivity index (χ1) is 6.79. The van der Waals surface area contributed by atoms with E-state index in [-0.39, 0.29) is 16.2 Å². The Hall–Kier alpha value is -0.810. The van der Waals surface area contributed by atoms with Crippen LogP contribution in [0.4, 0.5) is 4.39 Å². The van der Waals surface area contributed by atoms with Crippen molar-refractivity contribution in [1.82, 2.24) is 0 Å². The van der Waals surface area contributed by atoms with E-state index in [0.717, 1.165) is 6.07 Å². The first-order valence-electron chi connectivity index (χ1n) is 4.07. The highest BCUT2D eigenvalue weighted by Crippen LogP contribution is 2.32. The van der Waals surface area contributed by atoms with E-state index >= 15 is 0 Å². The lowest BCUT2D eigenvalue weighted by Gasteiger charge is -2.12. The van der Waals surface area contributed by atoms with E-state index in [1.165, 1.54) is 21.0 Å². The van der Waals surface area contributed by atoms with Crippen LogP contribution in [0, 0.1) is 19.7 Å². The third kappa shape index (κ3) is 2.23. The van der Waals surface area contributed by atoms with Crippen LogP contribution in [-0.2, 0) is 9.05 Å². The molecule has 1 aromatic carbocycles. The molecule has 0 aromatic heterocycles. The number of halogens is 2. The van der Waals surface area contributed by atoms with E-state index in [1.54, 1.807) is 0 Å². The summed E-state index contributed by atoms with van der Waals surface area (Å²) in [6.07, 6.45) is 0.